The molecule has 22 heavy (non-hydrogen) atoms. The zero-order valence-electron chi connectivity index (χ0n) is 13.4. The van der Waals surface area contributed by atoms with Gasteiger partial charge in [0.15, 0.2) is 0 Å². The molecule has 0 aliphatic carbocycles. The number of hydrogen-bond acceptors (Lipinski definition) is 2. The summed E-state index contributed by atoms with van der Waals surface area (Å²) >= 11 is 6.38. The third-order valence-corrected chi connectivity index (χ3v) is 4.21. The molecule has 1 N–H and O–H groups in total. The first-order chi connectivity index (χ1) is 10.4. The van der Waals surface area contributed by atoms with Crippen LogP contribution in [0.3, 0.4) is 0 Å². The molecule has 2 rings (SSSR count). The molecular weight excluding hydrogens is 298 g/mol. The normalized spacial score (nSPS) is 12.5. The number of carbonyl (C=O) groups is 1. The van der Waals surface area contributed by atoms with Crippen LogP contribution in [-0.2, 0) is 6.54 Å². The van der Waals surface area contributed by atoms with Gasteiger partial charge in [-0.2, -0.15) is 5.10 Å². The maximum atomic E-state index is 12.4. The van der Waals surface area contributed by atoms with Crippen LogP contribution < -0.4 is 5.32 Å². The van der Waals surface area contributed by atoms with Crippen LogP contribution in [0.1, 0.15) is 42.4 Å². The maximum absolute atomic E-state index is 12.4. The summed E-state index contributed by atoms with van der Waals surface area (Å²) in [5.41, 5.74) is 2.20. The van der Waals surface area contributed by atoms with E-state index in [1.165, 1.54) is 0 Å². The highest BCUT2D eigenvalue weighted by atomic mass is 35.5. The number of nitrogens with zero attached hydrogens (tertiary/aromatic N) is 2. The minimum Gasteiger partial charge on any atom is -0.349 e. The Labute approximate surface area is 136 Å². The summed E-state index contributed by atoms with van der Waals surface area (Å²) in [7, 11) is 0. The van der Waals surface area contributed by atoms with Crippen molar-refractivity contribution in [2.45, 2.75) is 40.3 Å². The monoisotopic (exact) mass is 319 g/mol. The summed E-state index contributed by atoms with van der Waals surface area (Å²) < 4.78 is 1.67. The Hall–Kier alpha value is -1.81. The Morgan fingerprint density at radius 3 is 2.50 bits per heavy atom. The Kier molecular flexibility index (Phi) is 5.24. The smallest absolute Gasteiger partial charge is 0.256 e. The molecule has 0 fully saturated rings. The molecule has 1 atom stereocenters. The average Bonchev–Trinajstić information content (AvgIpc) is 2.74. The third-order valence-electron chi connectivity index (χ3n) is 3.83. The van der Waals surface area contributed by atoms with Crippen molar-refractivity contribution in [2.24, 2.45) is 5.92 Å². The first kappa shape index (κ1) is 16.6. The minimum absolute atomic E-state index is 0.0837. The Morgan fingerprint density at radius 2 is 1.91 bits per heavy atom. The molecule has 1 heterocycles. The number of aromatic nitrogens is 2. The van der Waals surface area contributed by atoms with Crippen LogP contribution in [0.5, 0.6) is 0 Å². The molecule has 0 saturated heterocycles. The van der Waals surface area contributed by atoms with E-state index in [0.717, 1.165) is 5.56 Å². The zero-order valence-corrected chi connectivity index (χ0v) is 14.2. The third kappa shape index (κ3) is 3.69. The summed E-state index contributed by atoms with van der Waals surface area (Å²) in [5.74, 6) is 0.199. The number of rotatable bonds is 5. The fourth-order valence-corrected chi connectivity index (χ4v) is 2.44. The second-order valence-corrected chi connectivity index (χ2v) is 6.26. The van der Waals surface area contributed by atoms with Crippen LogP contribution in [0.4, 0.5) is 0 Å². The van der Waals surface area contributed by atoms with E-state index in [1.54, 1.807) is 4.68 Å². The molecular formula is C17H22ClN3O. The SMILES string of the molecule is Cc1nn(Cc2ccccc2)c(Cl)c1C(=O)NC(C)C(C)C. The van der Waals surface area contributed by atoms with Gasteiger partial charge < -0.3 is 5.32 Å². The second kappa shape index (κ2) is 6.97. The van der Waals surface area contributed by atoms with Gasteiger partial charge in [-0.25, -0.2) is 4.68 Å². The van der Waals surface area contributed by atoms with Gasteiger partial charge in [0.2, 0.25) is 0 Å². The molecule has 0 bridgehead atoms. The molecule has 0 saturated carbocycles. The Balaban J connectivity index is 2.22. The quantitative estimate of drug-likeness (QED) is 0.914. The second-order valence-electron chi connectivity index (χ2n) is 5.90. The van der Waals surface area contributed by atoms with Crippen LogP contribution in [-0.4, -0.2) is 21.7 Å². The molecule has 4 nitrogen and oxygen atoms in total. The molecule has 0 radical (unpaired) electrons. The van der Waals surface area contributed by atoms with Gasteiger partial charge in [-0.15, -0.1) is 0 Å². The fraction of sp³-hybridized carbons (Fsp3) is 0.412. The van der Waals surface area contributed by atoms with E-state index >= 15 is 0 Å². The van der Waals surface area contributed by atoms with Crippen molar-refractivity contribution in [3.8, 4) is 0 Å². The number of nitrogens with one attached hydrogen (secondary N) is 1. The first-order valence-electron chi connectivity index (χ1n) is 7.47. The molecule has 1 aromatic carbocycles. The van der Waals surface area contributed by atoms with E-state index in [-0.39, 0.29) is 11.9 Å². The van der Waals surface area contributed by atoms with Gasteiger partial charge in [-0.1, -0.05) is 55.8 Å². The van der Waals surface area contributed by atoms with Gasteiger partial charge in [-0.05, 0) is 25.3 Å². The van der Waals surface area contributed by atoms with Crippen LogP contribution in [0, 0.1) is 12.8 Å². The highest BCUT2D eigenvalue weighted by molar-refractivity contribution is 6.33. The van der Waals surface area contributed by atoms with Crippen molar-refractivity contribution in [1.82, 2.24) is 15.1 Å². The van der Waals surface area contributed by atoms with E-state index in [4.69, 9.17) is 11.6 Å². The summed E-state index contributed by atoms with van der Waals surface area (Å²) in [6, 6.07) is 10.0. The van der Waals surface area contributed by atoms with Gasteiger partial charge >= 0.3 is 0 Å². The van der Waals surface area contributed by atoms with Crippen molar-refractivity contribution in [1.29, 1.82) is 0 Å². The predicted octanol–water partition coefficient (Wildman–Crippen LogP) is 3.67. The molecule has 0 aliphatic rings. The van der Waals surface area contributed by atoms with Crippen molar-refractivity contribution in [3.05, 3.63) is 52.3 Å². The van der Waals surface area contributed by atoms with Gasteiger partial charge in [0.1, 0.15) is 5.15 Å². The van der Waals surface area contributed by atoms with E-state index in [0.29, 0.717) is 28.9 Å². The number of halogens is 1. The number of amides is 1. The first-order valence-corrected chi connectivity index (χ1v) is 7.85. The van der Waals surface area contributed by atoms with Crippen LogP contribution in [0.15, 0.2) is 30.3 Å². The van der Waals surface area contributed by atoms with Crippen LogP contribution in [0.2, 0.25) is 5.15 Å². The van der Waals surface area contributed by atoms with Crippen molar-refractivity contribution < 1.29 is 4.79 Å². The highest BCUT2D eigenvalue weighted by Crippen LogP contribution is 2.21. The molecule has 0 aliphatic heterocycles. The molecule has 1 unspecified atom stereocenters. The van der Waals surface area contributed by atoms with E-state index in [2.05, 4.69) is 24.3 Å². The molecule has 5 heteroatoms. The van der Waals surface area contributed by atoms with Crippen molar-refractivity contribution in [2.75, 3.05) is 0 Å². The van der Waals surface area contributed by atoms with E-state index < -0.39 is 0 Å². The summed E-state index contributed by atoms with van der Waals surface area (Å²) in [5, 5.41) is 7.76. The van der Waals surface area contributed by atoms with Gasteiger partial charge in [0.25, 0.3) is 5.91 Å². The number of aryl methyl sites for hydroxylation is 1. The maximum Gasteiger partial charge on any atom is 0.256 e. The lowest BCUT2D eigenvalue weighted by atomic mass is 10.1. The van der Waals surface area contributed by atoms with Crippen LogP contribution in [0.25, 0.3) is 0 Å². The standard InChI is InChI=1S/C17H22ClN3O/c1-11(2)12(3)19-17(22)15-13(4)20-21(16(15)18)10-14-8-6-5-7-9-14/h5-9,11-12H,10H2,1-4H3,(H,19,22). The van der Waals surface area contributed by atoms with Crippen molar-refractivity contribution >= 4 is 17.5 Å². The van der Waals surface area contributed by atoms with E-state index in [1.807, 2.05) is 44.2 Å². The minimum atomic E-state index is -0.164. The fourth-order valence-electron chi connectivity index (χ4n) is 2.12. The lowest BCUT2D eigenvalue weighted by Gasteiger charge is -2.17. The lowest BCUT2D eigenvalue weighted by Crippen LogP contribution is -2.36. The molecule has 118 valence electrons. The lowest BCUT2D eigenvalue weighted by molar-refractivity contribution is 0.0930. The Morgan fingerprint density at radius 1 is 1.27 bits per heavy atom. The number of hydrogen-bond donors (Lipinski definition) is 1. The summed E-state index contributed by atoms with van der Waals surface area (Å²) in [4.78, 5) is 12.4. The molecule has 0 spiro atoms. The van der Waals surface area contributed by atoms with Crippen LogP contribution >= 0.6 is 11.6 Å². The molecule has 2 aromatic rings. The molecule has 1 aromatic heterocycles. The zero-order chi connectivity index (χ0) is 16.3. The molecule has 1 amide bonds. The predicted molar refractivity (Wildman–Crippen MR) is 89.3 cm³/mol. The van der Waals surface area contributed by atoms with Gasteiger partial charge in [0, 0.05) is 6.04 Å². The largest absolute Gasteiger partial charge is 0.349 e. The summed E-state index contributed by atoms with van der Waals surface area (Å²) in [6.07, 6.45) is 0. The topological polar surface area (TPSA) is 46.9 Å². The Bertz CT molecular complexity index is 649. The number of benzene rings is 1. The summed E-state index contributed by atoms with van der Waals surface area (Å²) in [6.45, 7) is 8.48. The van der Waals surface area contributed by atoms with E-state index in [9.17, 15) is 4.79 Å². The van der Waals surface area contributed by atoms with Gasteiger partial charge in [0.05, 0.1) is 17.8 Å². The number of carbonyl (C=O) groups excluding carboxylic acids is 1. The van der Waals surface area contributed by atoms with Crippen molar-refractivity contribution in [3.63, 3.8) is 0 Å². The van der Waals surface area contributed by atoms with Gasteiger partial charge in [-0.3, -0.25) is 4.79 Å². The highest BCUT2D eigenvalue weighted by Gasteiger charge is 2.22. The average molecular weight is 320 g/mol.